The molecule has 0 aliphatic carbocycles. The molecule has 0 bridgehead atoms. The van der Waals surface area contributed by atoms with Crippen molar-refractivity contribution in [1.29, 1.82) is 0 Å². The minimum Gasteiger partial charge on any atom is -0.340 e. The van der Waals surface area contributed by atoms with E-state index < -0.39 is 9.84 Å². The van der Waals surface area contributed by atoms with Gasteiger partial charge in [-0.15, -0.1) is 0 Å². The summed E-state index contributed by atoms with van der Waals surface area (Å²) >= 11 is 0. The molecule has 0 saturated carbocycles. The first-order chi connectivity index (χ1) is 13.9. The van der Waals surface area contributed by atoms with Gasteiger partial charge in [0.1, 0.15) is 23.7 Å². The fourth-order valence-electron chi connectivity index (χ4n) is 2.72. The van der Waals surface area contributed by atoms with E-state index in [4.69, 9.17) is 0 Å². The molecule has 0 unspecified atom stereocenters. The molecular weight excluding hydrogens is 388 g/mol. The number of carbonyl (C=O) groups is 1. The van der Waals surface area contributed by atoms with E-state index >= 15 is 0 Å². The fraction of sp³-hybridized carbons (Fsp3) is 0.190. The largest absolute Gasteiger partial charge is 0.340 e. The zero-order chi connectivity index (χ0) is 20.9. The standard InChI is InChI=1S/C21H22N4O3S/c1-3-29(27,28)19-6-4-5-18(12-19)25-21-13-20(22-14-23-21)24-17-9-7-16(8-10-17)11-15(2)26/h4-10,12-14H,3,11H2,1-2H3,(H2,22,23,24,25). The van der Waals surface area contributed by atoms with Gasteiger partial charge in [0.15, 0.2) is 9.84 Å². The normalized spacial score (nSPS) is 11.1. The Balaban J connectivity index is 1.73. The molecule has 29 heavy (non-hydrogen) atoms. The van der Waals surface area contributed by atoms with Gasteiger partial charge < -0.3 is 10.6 Å². The van der Waals surface area contributed by atoms with Crippen molar-refractivity contribution in [3.63, 3.8) is 0 Å². The van der Waals surface area contributed by atoms with Crippen LogP contribution in [0.5, 0.6) is 0 Å². The summed E-state index contributed by atoms with van der Waals surface area (Å²) in [4.78, 5) is 19.9. The second-order valence-electron chi connectivity index (χ2n) is 6.55. The average Bonchev–Trinajstić information content (AvgIpc) is 2.70. The summed E-state index contributed by atoms with van der Waals surface area (Å²) in [5, 5.41) is 6.29. The van der Waals surface area contributed by atoms with Crippen LogP contribution in [0.25, 0.3) is 0 Å². The molecule has 8 heteroatoms. The summed E-state index contributed by atoms with van der Waals surface area (Å²) in [6.07, 6.45) is 1.83. The van der Waals surface area contributed by atoms with Gasteiger partial charge >= 0.3 is 0 Å². The summed E-state index contributed by atoms with van der Waals surface area (Å²) in [7, 11) is -3.28. The zero-order valence-corrected chi connectivity index (χ0v) is 17.0. The van der Waals surface area contributed by atoms with Crippen LogP contribution in [-0.2, 0) is 21.1 Å². The number of ketones is 1. The van der Waals surface area contributed by atoms with E-state index in [9.17, 15) is 13.2 Å². The molecule has 0 amide bonds. The van der Waals surface area contributed by atoms with Crippen LogP contribution in [0.3, 0.4) is 0 Å². The topological polar surface area (TPSA) is 101 Å². The van der Waals surface area contributed by atoms with E-state index in [-0.39, 0.29) is 16.4 Å². The molecule has 0 radical (unpaired) electrons. The van der Waals surface area contributed by atoms with Crippen LogP contribution in [0.2, 0.25) is 0 Å². The average molecular weight is 410 g/mol. The summed E-state index contributed by atoms with van der Waals surface area (Å²) in [6, 6.07) is 15.9. The monoisotopic (exact) mass is 410 g/mol. The lowest BCUT2D eigenvalue weighted by atomic mass is 10.1. The van der Waals surface area contributed by atoms with Crippen LogP contribution in [0.4, 0.5) is 23.0 Å². The van der Waals surface area contributed by atoms with Gasteiger partial charge in [0.25, 0.3) is 0 Å². The highest BCUT2D eigenvalue weighted by Gasteiger charge is 2.12. The van der Waals surface area contributed by atoms with Gasteiger partial charge in [-0.1, -0.05) is 25.1 Å². The number of sulfone groups is 1. The van der Waals surface area contributed by atoms with Gasteiger partial charge in [-0.3, -0.25) is 4.79 Å². The predicted molar refractivity (Wildman–Crippen MR) is 114 cm³/mol. The Morgan fingerprint density at radius 1 is 0.931 bits per heavy atom. The molecule has 3 aromatic rings. The number of rotatable bonds is 8. The Labute approximate surface area is 170 Å². The number of benzene rings is 2. The lowest BCUT2D eigenvalue weighted by molar-refractivity contribution is -0.116. The molecule has 1 aromatic heterocycles. The molecule has 0 fully saturated rings. The third-order valence-corrected chi connectivity index (χ3v) is 5.92. The first-order valence-electron chi connectivity index (χ1n) is 9.13. The third-order valence-electron chi connectivity index (χ3n) is 4.19. The number of hydrogen-bond donors (Lipinski definition) is 2. The highest BCUT2D eigenvalue weighted by molar-refractivity contribution is 7.91. The molecule has 0 saturated heterocycles. The fourth-order valence-corrected chi connectivity index (χ4v) is 3.64. The summed E-state index contributed by atoms with van der Waals surface area (Å²) in [5.74, 6) is 1.28. The predicted octanol–water partition coefficient (Wildman–Crippen LogP) is 3.89. The van der Waals surface area contributed by atoms with Crippen LogP contribution in [0, 0.1) is 0 Å². The molecular formula is C21H22N4O3S. The van der Waals surface area contributed by atoms with Crippen molar-refractivity contribution in [3.8, 4) is 0 Å². The van der Waals surface area contributed by atoms with E-state index in [2.05, 4.69) is 20.6 Å². The smallest absolute Gasteiger partial charge is 0.178 e. The Hall–Kier alpha value is -3.26. The van der Waals surface area contributed by atoms with E-state index in [0.717, 1.165) is 11.3 Å². The zero-order valence-electron chi connectivity index (χ0n) is 16.2. The number of hydrogen-bond acceptors (Lipinski definition) is 7. The minimum atomic E-state index is -3.28. The number of carbonyl (C=O) groups excluding carboxylic acids is 1. The van der Waals surface area contributed by atoms with E-state index in [1.165, 1.54) is 6.33 Å². The Bertz CT molecular complexity index is 1110. The Morgan fingerprint density at radius 2 is 1.59 bits per heavy atom. The molecule has 2 N–H and O–H groups in total. The van der Waals surface area contributed by atoms with Gasteiger partial charge in [0.2, 0.25) is 0 Å². The summed E-state index contributed by atoms with van der Waals surface area (Å²) in [5.41, 5.74) is 2.41. The molecule has 150 valence electrons. The molecule has 0 spiro atoms. The van der Waals surface area contributed by atoms with E-state index in [0.29, 0.717) is 23.7 Å². The van der Waals surface area contributed by atoms with Crippen LogP contribution in [0.1, 0.15) is 19.4 Å². The van der Waals surface area contributed by atoms with Gasteiger partial charge in [-0.05, 0) is 42.8 Å². The Kier molecular flexibility index (Phi) is 6.23. The first-order valence-corrected chi connectivity index (χ1v) is 10.8. The van der Waals surface area contributed by atoms with Crippen molar-refractivity contribution in [2.24, 2.45) is 0 Å². The van der Waals surface area contributed by atoms with Crippen LogP contribution in [0.15, 0.2) is 65.8 Å². The van der Waals surface area contributed by atoms with E-state index in [1.54, 1.807) is 44.2 Å². The van der Waals surface area contributed by atoms with Crippen LogP contribution in [-0.4, -0.2) is 29.9 Å². The minimum absolute atomic E-state index is 0.0449. The Morgan fingerprint density at radius 3 is 2.21 bits per heavy atom. The van der Waals surface area contributed by atoms with Gasteiger partial charge in [-0.25, -0.2) is 18.4 Å². The summed E-state index contributed by atoms with van der Waals surface area (Å²) in [6.45, 7) is 3.18. The molecule has 1 heterocycles. The van der Waals surface area contributed by atoms with Crippen molar-refractivity contribution < 1.29 is 13.2 Å². The highest BCUT2D eigenvalue weighted by Crippen LogP contribution is 2.22. The molecule has 7 nitrogen and oxygen atoms in total. The van der Waals surface area contributed by atoms with Gasteiger partial charge in [-0.2, -0.15) is 0 Å². The number of Topliss-reactive ketones (excluding diaryl/α,β-unsaturated/α-hetero) is 1. The number of nitrogens with zero attached hydrogens (tertiary/aromatic N) is 2. The lowest BCUT2D eigenvalue weighted by Crippen LogP contribution is -2.04. The quantitative estimate of drug-likeness (QED) is 0.581. The molecule has 3 rings (SSSR count). The van der Waals surface area contributed by atoms with Crippen LogP contribution >= 0.6 is 0 Å². The maximum Gasteiger partial charge on any atom is 0.178 e. The van der Waals surface area contributed by atoms with Crippen molar-refractivity contribution in [3.05, 3.63) is 66.5 Å². The van der Waals surface area contributed by atoms with Crippen molar-refractivity contribution in [2.45, 2.75) is 25.2 Å². The first kappa shape index (κ1) is 20.5. The maximum atomic E-state index is 12.1. The van der Waals surface area contributed by atoms with Crippen molar-refractivity contribution in [1.82, 2.24) is 9.97 Å². The lowest BCUT2D eigenvalue weighted by Gasteiger charge is -2.10. The maximum absolute atomic E-state index is 12.1. The van der Waals surface area contributed by atoms with Gasteiger partial charge in [0, 0.05) is 23.9 Å². The second kappa shape index (κ2) is 8.83. The molecule has 0 aliphatic heterocycles. The van der Waals surface area contributed by atoms with Crippen molar-refractivity contribution >= 4 is 38.6 Å². The third kappa shape index (κ3) is 5.61. The number of aromatic nitrogens is 2. The molecule has 0 aliphatic rings. The number of anilines is 4. The van der Waals surface area contributed by atoms with E-state index in [1.807, 2.05) is 24.3 Å². The number of nitrogens with one attached hydrogen (secondary N) is 2. The summed E-state index contributed by atoms with van der Waals surface area (Å²) < 4.78 is 24.1. The van der Waals surface area contributed by atoms with Crippen LogP contribution < -0.4 is 10.6 Å². The SMILES string of the molecule is CCS(=O)(=O)c1cccc(Nc2cc(Nc3ccc(CC(C)=O)cc3)ncn2)c1. The molecule has 2 aromatic carbocycles. The van der Waals surface area contributed by atoms with Crippen molar-refractivity contribution in [2.75, 3.05) is 16.4 Å². The second-order valence-corrected chi connectivity index (χ2v) is 8.82. The highest BCUT2D eigenvalue weighted by atomic mass is 32.2. The van der Waals surface area contributed by atoms with Gasteiger partial charge in [0.05, 0.1) is 10.6 Å². The molecule has 0 atom stereocenters.